The normalized spacial score (nSPS) is 35.6. The number of fused-ring (bicyclic) bond motifs is 4. The monoisotopic (exact) mass is 566 g/mol. The second-order valence-electron chi connectivity index (χ2n) is 11.8. The van der Waals surface area contributed by atoms with Gasteiger partial charge in [0.15, 0.2) is 17.4 Å². The van der Waals surface area contributed by atoms with E-state index in [1.54, 1.807) is 30.3 Å². The van der Waals surface area contributed by atoms with Crippen LogP contribution in [0.2, 0.25) is 0 Å². The van der Waals surface area contributed by atoms with Gasteiger partial charge in [-0.2, -0.15) is 16.8 Å². The van der Waals surface area contributed by atoms with E-state index in [-0.39, 0.29) is 30.1 Å². The lowest BCUT2D eigenvalue weighted by Crippen LogP contribution is -2.50. The Morgan fingerprint density at radius 3 is 1.66 bits per heavy atom. The summed E-state index contributed by atoms with van der Waals surface area (Å²) in [6, 6.07) is 6.75. The summed E-state index contributed by atoms with van der Waals surface area (Å²) in [4.78, 5) is 26.5. The van der Waals surface area contributed by atoms with Gasteiger partial charge in [-0.1, -0.05) is 38.1 Å². The predicted octanol–water partition coefficient (Wildman–Crippen LogP) is 1.89. The van der Waals surface area contributed by atoms with Crippen LogP contribution >= 0.6 is 0 Å². The number of hydrogen-bond donors (Lipinski definition) is 4. The number of aliphatic hydroxyl groups is 2. The topological polar surface area (TPSA) is 183 Å². The van der Waals surface area contributed by atoms with E-state index >= 15 is 0 Å². The van der Waals surface area contributed by atoms with Gasteiger partial charge in [-0.3, -0.25) is 18.7 Å². The van der Waals surface area contributed by atoms with Gasteiger partial charge in [-0.15, -0.1) is 0 Å². The molecule has 0 aliphatic heterocycles. The van der Waals surface area contributed by atoms with Crippen LogP contribution < -0.4 is 0 Å². The summed E-state index contributed by atoms with van der Waals surface area (Å²) >= 11 is 0. The van der Waals surface area contributed by atoms with E-state index in [1.165, 1.54) is 6.08 Å². The van der Waals surface area contributed by atoms with Gasteiger partial charge in [-0.05, 0) is 60.3 Å². The first-order chi connectivity index (χ1) is 17.3. The molecule has 4 bridgehead atoms. The smallest absolute Gasteiger partial charge is 0.266 e. The maximum absolute atomic E-state index is 13.4. The van der Waals surface area contributed by atoms with Crippen molar-refractivity contribution >= 4 is 44.0 Å². The zero-order chi connectivity index (χ0) is 28.1. The highest BCUT2D eigenvalue weighted by Crippen LogP contribution is 2.66. The van der Waals surface area contributed by atoms with Crippen molar-refractivity contribution in [1.82, 2.24) is 0 Å². The van der Waals surface area contributed by atoms with Gasteiger partial charge in [0.1, 0.15) is 5.41 Å². The molecule has 4 unspecified atom stereocenters. The number of carbonyl (C=O) groups excluding carboxylic acids is 2. The predicted molar refractivity (Wildman–Crippen MR) is 137 cm³/mol. The van der Waals surface area contributed by atoms with E-state index in [0.29, 0.717) is 29.5 Å². The highest BCUT2D eigenvalue weighted by atomic mass is 32.2. The lowest BCUT2D eigenvalue weighted by Gasteiger charge is -2.34. The van der Waals surface area contributed by atoms with Crippen LogP contribution in [-0.4, -0.2) is 65.0 Å². The summed E-state index contributed by atoms with van der Waals surface area (Å²) in [5, 5.41) is 21.3. The van der Waals surface area contributed by atoms with Crippen LogP contribution in [0.3, 0.4) is 0 Å². The van der Waals surface area contributed by atoms with Crippen molar-refractivity contribution in [2.45, 2.75) is 45.3 Å². The third-order valence-electron chi connectivity index (χ3n) is 9.60. The molecule has 38 heavy (non-hydrogen) atoms. The number of benzene rings is 1. The number of carbonyl (C=O) groups is 2. The molecule has 0 saturated heterocycles. The lowest BCUT2D eigenvalue weighted by molar-refractivity contribution is -0.218. The molecule has 0 aromatic heterocycles. The van der Waals surface area contributed by atoms with Gasteiger partial charge in [0, 0.05) is 17.1 Å². The van der Waals surface area contributed by atoms with Crippen molar-refractivity contribution in [3.8, 4) is 0 Å². The summed E-state index contributed by atoms with van der Waals surface area (Å²) in [5.74, 6) is -6.43. The third-order valence-corrected chi connectivity index (χ3v) is 11.3. The molecule has 0 spiro atoms. The molecule has 4 aliphatic rings. The quantitative estimate of drug-likeness (QED) is 0.225. The number of rotatable bonds is 6. The van der Waals surface area contributed by atoms with E-state index in [9.17, 15) is 45.7 Å². The highest BCUT2D eigenvalue weighted by Gasteiger charge is 2.72. The highest BCUT2D eigenvalue weighted by molar-refractivity contribution is 7.86. The minimum absolute atomic E-state index is 0.0717. The minimum atomic E-state index is -4.65. The second-order valence-corrected chi connectivity index (χ2v) is 14.7. The molecule has 1 aromatic rings. The Morgan fingerprint density at radius 2 is 1.16 bits per heavy atom. The summed E-state index contributed by atoms with van der Waals surface area (Å²) in [7, 11) is -9.01. The van der Waals surface area contributed by atoms with Gasteiger partial charge >= 0.3 is 0 Å². The SMILES string of the molecule is CC1(C)C2CCC1(CS(=O)(=O)O)C(=O)/C2=C\c1ccc(/C=C2\C(=O)C3(CS(=O)(=O)O)CCC2C3(O)O)cc1. The number of Topliss-reactive ketones (excluding diaryl/α,β-unsaturated/α-hetero) is 2. The Hall–Kier alpha value is -2.22. The van der Waals surface area contributed by atoms with Crippen LogP contribution in [0.4, 0.5) is 0 Å². The van der Waals surface area contributed by atoms with Crippen LogP contribution in [0.5, 0.6) is 0 Å². The zero-order valence-corrected chi connectivity index (χ0v) is 22.5. The molecular formula is C26H30O10S2. The Morgan fingerprint density at radius 1 is 0.763 bits per heavy atom. The van der Waals surface area contributed by atoms with E-state index in [2.05, 4.69) is 0 Å². The molecule has 4 fully saturated rings. The number of ketones is 2. The Bertz CT molecular complexity index is 1400. The maximum atomic E-state index is 13.4. The first kappa shape index (κ1) is 27.4. The Labute approximate surface area is 220 Å². The summed E-state index contributed by atoms with van der Waals surface area (Å²) in [6.07, 6.45) is 4.31. The van der Waals surface area contributed by atoms with E-state index in [1.807, 2.05) is 13.8 Å². The molecule has 0 heterocycles. The number of hydrogen-bond acceptors (Lipinski definition) is 8. The van der Waals surface area contributed by atoms with Gasteiger partial charge in [0.2, 0.25) is 0 Å². The molecule has 4 N–H and O–H groups in total. The van der Waals surface area contributed by atoms with E-state index in [0.717, 1.165) is 0 Å². The molecule has 1 aromatic carbocycles. The van der Waals surface area contributed by atoms with Crippen molar-refractivity contribution < 1.29 is 45.7 Å². The summed E-state index contributed by atoms with van der Waals surface area (Å²) in [6.45, 7) is 3.71. The molecule has 4 aliphatic carbocycles. The molecule has 4 saturated carbocycles. The van der Waals surface area contributed by atoms with Crippen LogP contribution in [0.1, 0.15) is 50.7 Å². The Kier molecular flexibility index (Phi) is 5.87. The third kappa shape index (κ3) is 3.80. The van der Waals surface area contributed by atoms with Crippen molar-refractivity contribution in [2.75, 3.05) is 11.5 Å². The fourth-order valence-electron chi connectivity index (χ4n) is 7.56. The molecular weight excluding hydrogens is 536 g/mol. The molecule has 206 valence electrons. The number of allylic oxidation sites excluding steroid dienone is 1. The lowest BCUT2D eigenvalue weighted by atomic mass is 9.70. The van der Waals surface area contributed by atoms with Crippen LogP contribution in [0, 0.1) is 28.1 Å². The average Bonchev–Trinajstić information content (AvgIpc) is 3.27. The zero-order valence-electron chi connectivity index (χ0n) is 20.9. The molecule has 4 atom stereocenters. The van der Waals surface area contributed by atoms with Gasteiger partial charge in [0.25, 0.3) is 20.2 Å². The standard InChI is InChI=1S/C26H30O10S2/c1-23(2)19-7-9-24(23,13-37(31,32)33)21(27)17(19)11-15-3-5-16(6-4-15)12-18-20-8-10-25(22(18)28,26(20,29)30)14-38(34,35)36/h3-6,11-12,19-20,29-30H,7-10,13-14H2,1-2H3,(H,31,32,33)(H,34,35,36)/b17-11-,18-12-. The maximum Gasteiger partial charge on any atom is 0.266 e. The molecule has 0 radical (unpaired) electrons. The van der Waals surface area contributed by atoms with Gasteiger partial charge in [0.05, 0.1) is 16.9 Å². The van der Waals surface area contributed by atoms with Crippen molar-refractivity contribution in [1.29, 1.82) is 0 Å². The fourth-order valence-corrected chi connectivity index (χ4v) is 9.94. The van der Waals surface area contributed by atoms with E-state index in [4.69, 9.17) is 0 Å². The first-order valence-electron chi connectivity index (χ1n) is 12.3. The Balaban J connectivity index is 1.44. The second kappa shape index (κ2) is 8.15. The van der Waals surface area contributed by atoms with Crippen molar-refractivity contribution in [2.24, 2.45) is 28.1 Å². The van der Waals surface area contributed by atoms with Crippen molar-refractivity contribution in [3.63, 3.8) is 0 Å². The van der Waals surface area contributed by atoms with Gasteiger partial charge in [-0.25, -0.2) is 0 Å². The summed E-state index contributed by atoms with van der Waals surface area (Å²) in [5.41, 5.74) is -2.04. The van der Waals surface area contributed by atoms with E-state index < -0.39 is 65.5 Å². The van der Waals surface area contributed by atoms with Crippen LogP contribution in [0.15, 0.2) is 35.4 Å². The average molecular weight is 567 g/mol. The molecule has 12 heteroatoms. The van der Waals surface area contributed by atoms with Gasteiger partial charge < -0.3 is 10.2 Å². The molecule has 5 rings (SSSR count). The first-order valence-corrected chi connectivity index (χ1v) is 15.5. The van der Waals surface area contributed by atoms with Crippen LogP contribution in [0.25, 0.3) is 12.2 Å². The minimum Gasteiger partial charge on any atom is -0.364 e. The van der Waals surface area contributed by atoms with Crippen molar-refractivity contribution in [3.05, 3.63) is 46.5 Å². The van der Waals surface area contributed by atoms with Crippen LogP contribution in [-0.2, 0) is 29.8 Å². The summed E-state index contributed by atoms with van der Waals surface area (Å²) < 4.78 is 65.4. The molecule has 10 nitrogen and oxygen atoms in total. The molecule has 0 amide bonds. The fraction of sp³-hybridized carbons (Fsp3) is 0.538. The largest absolute Gasteiger partial charge is 0.364 e.